The Morgan fingerprint density at radius 2 is 1.88 bits per heavy atom. The van der Waals surface area contributed by atoms with Crippen LogP contribution in [0.3, 0.4) is 0 Å². The van der Waals surface area contributed by atoms with Gasteiger partial charge in [-0.05, 0) is 23.6 Å². The zero-order valence-corrected chi connectivity index (χ0v) is 15.2. The fourth-order valence-electron chi connectivity index (χ4n) is 3.29. The zero-order chi connectivity index (χ0) is 17.9. The molecule has 134 valence electrons. The number of piperazine rings is 1. The maximum Gasteiger partial charge on any atom is 0.244 e. The van der Waals surface area contributed by atoms with Crippen LogP contribution in [0.15, 0.2) is 52.8 Å². The highest BCUT2D eigenvalue weighted by molar-refractivity contribution is 7.09. The molecule has 0 spiro atoms. The van der Waals surface area contributed by atoms with E-state index in [4.69, 9.17) is 0 Å². The van der Waals surface area contributed by atoms with E-state index in [9.17, 15) is 9.59 Å². The van der Waals surface area contributed by atoms with Crippen LogP contribution in [0.2, 0.25) is 0 Å². The van der Waals surface area contributed by atoms with Crippen molar-refractivity contribution in [3.05, 3.63) is 63.1 Å². The van der Waals surface area contributed by atoms with E-state index in [1.807, 2.05) is 23.1 Å². The minimum atomic E-state index is -0.119. The highest BCUT2D eigenvalue weighted by atomic mass is 32.1. The number of thiophene rings is 1. The van der Waals surface area contributed by atoms with E-state index in [1.165, 1.54) is 11.1 Å². The van der Waals surface area contributed by atoms with Crippen LogP contribution in [0.1, 0.15) is 4.88 Å². The van der Waals surface area contributed by atoms with Gasteiger partial charge in [-0.25, -0.2) is 0 Å². The van der Waals surface area contributed by atoms with E-state index in [0.29, 0.717) is 10.9 Å². The van der Waals surface area contributed by atoms with Crippen LogP contribution in [0, 0.1) is 0 Å². The first-order valence-electron chi connectivity index (χ1n) is 8.68. The fraction of sp³-hybridized carbons (Fsp3) is 0.316. The Labute approximate surface area is 155 Å². The number of aromatic nitrogens is 2. The molecule has 0 atom stereocenters. The van der Waals surface area contributed by atoms with Crippen molar-refractivity contribution in [2.45, 2.75) is 13.1 Å². The molecule has 0 N–H and O–H groups in total. The number of hydrogen-bond acceptors (Lipinski definition) is 5. The molecule has 3 heterocycles. The van der Waals surface area contributed by atoms with Gasteiger partial charge in [-0.15, -0.1) is 11.3 Å². The van der Waals surface area contributed by atoms with Crippen LogP contribution in [0.4, 0.5) is 0 Å². The van der Waals surface area contributed by atoms with Gasteiger partial charge in [0.05, 0.1) is 11.7 Å². The van der Waals surface area contributed by atoms with Crippen LogP contribution in [-0.2, 0) is 17.9 Å². The number of para-hydroxylation sites is 1. The summed E-state index contributed by atoms with van der Waals surface area (Å²) < 4.78 is 1.62. The number of nitrogens with zero attached hydrogens (tertiary/aromatic N) is 4. The summed E-state index contributed by atoms with van der Waals surface area (Å²) in [5.41, 5.74) is 0.580. The van der Waals surface area contributed by atoms with Crippen molar-refractivity contribution in [1.29, 1.82) is 0 Å². The van der Waals surface area contributed by atoms with Gasteiger partial charge in [-0.1, -0.05) is 18.2 Å². The van der Waals surface area contributed by atoms with Crippen LogP contribution < -0.4 is 5.43 Å². The number of carbonyl (C=O) groups excluding carboxylic acids is 1. The van der Waals surface area contributed by atoms with Crippen molar-refractivity contribution < 1.29 is 4.79 Å². The molecule has 7 heteroatoms. The summed E-state index contributed by atoms with van der Waals surface area (Å²) in [6, 6.07) is 11.5. The summed E-state index contributed by atoms with van der Waals surface area (Å²) >= 11 is 1.77. The summed E-state index contributed by atoms with van der Waals surface area (Å²) in [7, 11) is 0. The summed E-state index contributed by atoms with van der Waals surface area (Å²) in [5.74, 6) is 0.0436. The lowest BCUT2D eigenvalue weighted by atomic mass is 10.2. The van der Waals surface area contributed by atoms with Gasteiger partial charge in [0.2, 0.25) is 11.3 Å². The van der Waals surface area contributed by atoms with Gasteiger partial charge in [-0.3, -0.25) is 19.2 Å². The molecule has 1 fully saturated rings. The molecule has 0 radical (unpaired) electrons. The molecule has 1 aliphatic rings. The van der Waals surface area contributed by atoms with E-state index >= 15 is 0 Å². The molecule has 1 amide bonds. The van der Waals surface area contributed by atoms with Crippen molar-refractivity contribution in [2.75, 3.05) is 26.2 Å². The van der Waals surface area contributed by atoms with E-state index in [0.717, 1.165) is 32.7 Å². The third kappa shape index (κ3) is 3.54. The summed E-state index contributed by atoms with van der Waals surface area (Å²) in [5, 5.41) is 6.84. The first kappa shape index (κ1) is 16.9. The number of amides is 1. The van der Waals surface area contributed by atoms with Crippen LogP contribution in [0.5, 0.6) is 0 Å². The summed E-state index contributed by atoms with van der Waals surface area (Å²) in [6.45, 7) is 4.31. The molecule has 3 aromatic rings. The number of hydrogen-bond donors (Lipinski definition) is 0. The maximum atomic E-state index is 12.7. The largest absolute Gasteiger partial charge is 0.339 e. The van der Waals surface area contributed by atoms with Crippen molar-refractivity contribution in [3.8, 4) is 0 Å². The number of rotatable bonds is 4. The minimum Gasteiger partial charge on any atom is -0.339 e. The van der Waals surface area contributed by atoms with Crippen molar-refractivity contribution >= 4 is 28.1 Å². The third-order valence-electron chi connectivity index (χ3n) is 4.73. The maximum absolute atomic E-state index is 12.7. The number of benzene rings is 1. The molecule has 4 rings (SSSR count). The first-order chi connectivity index (χ1) is 12.7. The number of fused-ring (bicyclic) bond motifs is 1. The van der Waals surface area contributed by atoms with Gasteiger partial charge < -0.3 is 4.90 Å². The molecular weight excluding hydrogens is 348 g/mol. The average Bonchev–Trinajstić information content (AvgIpc) is 3.18. The zero-order valence-electron chi connectivity index (χ0n) is 14.4. The van der Waals surface area contributed by atoms with Crippen LogP contribution in [0.25, 0.3) is 10.9 Å². The Kier molecular flexibility index (Phi) is 4.81. The highest BCUT2D eigenvalue weighted by Crippen LogP contribution is 2.14. The fourth-order valence-corrected chi connectivity index (χ4v) is 4.04. The van der Waals surface area contributed by atoms with Gasteiger partial charge in [-0.2, -0.15) is 5.10 Å². The van der Waals surface area contributed by atoms with Crippen molar-refractivity contribution in [1.82, 2.24) is 19.6 Å². The normalized spacial score (nSPS) is 15.5. The SMILES string of the molecule is O=C(Cn1ncc(=O)c2ccccc21)N1CCN(Cc2cccs2)CC1. The summed E-state index contributed by atoms with van der Waals surface area (Å²) in [6.07, 6.45) is 1.29. The first-order valence-corrected chi connectivity index (χ1v) is 9.56. The predicted octanol–water partition coefficient (Wildman–Crippen LogP) is 1.80. The quantitative estimate of drug-likeness (QED) is 0.705. The monoisotopic (exact) mass is 368 g/mol. The predicted molar refractivity (Wildman–Crippen MR) is 102 cm³/mol. The Hall–Kier alpha value is -2.51. The molecule has 0 bridgehead atoms. The Balaban J connectivity index is 1.40. The molecule has 0 unspecified atom stereocenters. The Morgan fingerprint density at radius 1 is 1.08 bits per heavy atom. The van der Waals surface area contributed by atoms with Gasteiger partial charge in [0.15, 0.2) is 0 Å². The van der Waals surface area contributed by atoms with E-state index in [2.05, 4.69) is 27.5 Å². The standard InChI is InChI=1S/C19H20N4O2S/c24-18-12-20-23(17-6-2-1-5-16(17)18)14-19(25)22-9-7-21(8-10-22)13-15-4-3-11-26-15/h1-6,11-12H,7-10,13-14H2. The Bertz CT molecular complexity index is 959. The molecule has 0 aliphatic carbocycles. The molecular formula is C19H20N4O2S. The molecule has 26 heavy (non-hydrogen) atoms. The van der Waals surface area contributed by atoms with E-state index in [1.54, 1.807) is 22.1 Å². The van der Waals surface area contributed by atoms with Gasteiger partial charge in [0, 0.05) is 43.0 Å². The molecule has 6 nitrogen and oxygen atoms in total. The molecule has 1 aliphatic heterocycles. The lowest BCUT2D eigenvalue weighted by molar-refractivity contribution is -0.133. The van der Waals surface area contributed by atoms with Gasteiger partial charge in [0.1, 0.15) is 6.54 Å². The smallest absolute Gasteiger partial charge is 0.244 e. The second kappa shape index (κ2) is 7.39. The molecule has 2 aromatic heterocycles. The van der Waals surface area contributed by atoms with Gasteiger partial charge in [0.25, 0.3) is 0 Å². The van der Waals surface area contributed by atoms with Crippen LogP contribution >= 0.6 is 11.3 Å². The average molecular weight is 368 g/mol. The molecule has 1 aromatic carbocycles. The minimum absolute atomic E-state index is 0.0436. The van der Waals surface area contributed by atoms with E-state index in [-0.39, 0.29) is 17.9 Å². The molecule has 0 saturated carbocycles. The van der Waals surface area contributed by atoms with Crippen molar-refractivity contribution in [2.24, 2.45) is 0 Å². The second-order valence-corrected chi connectivity index (χ2v) is 7.45. The summed E-state index contributed by atoms with van der Waals surface area (Å²) in [4.78, 5) is 30.2. The van der Waals surface area contributed by atoms with Gasteiger partial charge >= 0.3 is 0 Å². The molecule has 1 saturated heterocycles. The van der Waals surface area contributed by atoms with Crippen LogP contribution in [-0.4, -0.2) is 51.7 Å². The van der Waals surface area contributed by atoms with E-state index < -0.39 is 0 Å². The second-order valence-electron chi connectivity index (χ2n) is 6.42. The lowest BCUT2D eigenvalue weighted by Gasteiger charge is -2.34. The topological polar surface area (TPSA) is 58.4 Å². The highest BCUT2D eigenvalue weighted by Gasteiger charge is 2.22. The number of carbonyl (C=O) groups is 1. The Morgan fingerprint density at radius 3 is 2.65 bits per heavy atom. The third-order valence-corrected chi connectivity index (χ3v) is 5.59. The van der Waals surface area contributed by atoms with Crippen molar-refractivity contribution in [3.63, 3.8) is 0 Å². The lowest BCUT2D eigenvalue weighted by Crippen LogP contribution is -2.49.